The Balaban J connectivity index is 1.70. The summed E-state index contributed by atoms with van der Waals surface area (Å²) in [6.45, 7) is 5.01. The molecule has 1 fully saturated rings. The number of nitrogens with zero attached hydrogens (tertiary/aromatic N) is 1. The zero-order valence-electron chi connectivity index (χ0n) is 17.7. The Hall–Kier alpha value is -2.90. The van der Waals surface area contributed by atoms with E-state index >= 15 is 0 Å². The van der Waals surface area contributed by atoms with E-state index in [1.54, 1.807) is 30.3 Å². The lowest BCUT2D eigenvalue weighted by atomic mass is 10.1. The van der Waals surface area contributed by atoms with Crippen molar-refractivity contribution in [2.24, 2.45) is 4.99 Å². The molecule has 0 saturated carbocycles. The first-order valence-electron chi connectivity index (χ1n) is 10.2. The normalized spacial score (nSPS) is 16.1. The predicted octanol–water partition coefficient (Wildman–Crippen LogP) is 3.66. The van der Waals surface area contributed by atoms with E-state index in [9.17, 15) is 9.59 Å². The lowest BCUT2D eigenvalue weighted by Crippen LogP contribution is -2.36. The molecule has 3 N–H and O–H groups in total. The van der Waals surface area contributed by atoms with Crippen molar-refractivity contribution >= 4 is 35.1 Å². The van der Waals surface area contributed by atoms with E-state index in [2.05, 4.69) is 20.9 Å². The Morgan fingerprint density at radius 1 is 1.19 bits per heavy atom. The van der Waals surface area contributed by atoms with Gasteiger partial charge in [-0.1, -0.05) is 29.8 Å². The highest BCUT2D eigenvalue weighted by molar-refractivity contribution is 6.31. The Bertz CT molecular complexity index is 954. The molecule has 0 unspecified atom stereocenters. The van der Waals surface area contributed by atoms with Crippen LogP contribution in [0.1, 0.15) is 41.3 Å². The summed E-state index contributed by atoms with van der Waals surface area (Å²) in [6, 6.07) is 12.6. The fourth-order valence-corrected chi connectivity index (χ4v) is 3.26. The van der Waals surface area contributed by atoms with Gasteiger partial charge >= 0.3 is 0 Å². The maximum atomic E-state index is 12.8. The fraction of sp³-hybridized carbons (Fsp3) is 0.348. The van der Waals surface area contributed by atoms with Crippen LogP contribution in [0.5, 0.6) is 0 Å². The molecule has 0 bridgehead atoms. The Morgan fingerprint density at radius 2 is 1.97 bits per heavy atom. The van der Waals surface area contributed by atoms with Crippen molar-refractivity contribution in [3.8, 4) is 0 Å². The number of hydrogen-bond donors (Lipinski definition) is 3. The van der Waals surface area contributed by atoms with Gasteiger partial charge in [0, 0.05) is 36.3 Å². The topological polar surface area (TPSA) is 91.8 Å². The smallest absolute Gasteiger partial charge is 0.257 e. The molecule has 0 aromatic heterocycles. The maximum Gasteiger partial charge on any atom is 0.257 e. The second-order valence-corrected chi connectivity index (χ2v) is 7.88. The van der Waals surface area contributed by atoms with Crippen LogP contribution in [-0.4, -0.2) is 37.0 Å². The first-order chi connectivity index (χ1) is 14.9. The molecule has 0 aliphatic carbocycles. The molecule has 8 heteroatoms. The van der Waals surface area contributed by atoms with Gasteiger partial charge in [0.15, 0.2) is 0 Å². The first-order valence-corrected chi connectivity index (χ1v) is 10.6. The molecular weight excluding hydrogens is 416 g/mol. The summed E-state index contributed by atoms with van der Waals surface area (Å²) in [4.78, 5) is 28.4. The summed E-state index contributed by atoms with van der Waals surface area (Å²) in [5.41, 5.74) is 3.09. The standard InChI is InChI=1S/C23H27ClN4O3/c1-15-5-10-19(12-21(15)24)27-23(26-14-20-4-3-11-31-20)28-22(30)18-8-6-17(7-9-18)13-25-16(2)29/h5-10,12,20H,3-4,11,13-14H2,1-2H3,(H,25,29)(H2,26,27,28,30)/t20-/m0/s1. The summed E-state index contributed by atoms with van der Waals surface area (Å²) >= 11 is 6.23. The van der Waals surface area contributed by atoms with E-state index in [1.807, 2.05) is 19.1 Å². The second-order valence-electron chi connectivity index (χ2n) is 7.47. The number of anilines is 1. The highest BCUT2D eigenvalue weighted by Gasteiger charge is 2.16. The summed E-state index contributed by atoms with van der Waals surface area (Å²) in [7, 11) is 0. The lowest BCUT2D eigenvalue weighted by molar-refractivity contribution is -0.119. The Labute approximate surface area is 187 Å². The summed E-state index contributed by atoms with van der Waals surface area (Å²) < 4.78 is 5.63. The molecular formula is C23H27ClN4O3. The van der Waals surface area contributed by atoms with Gasteiger partial charge in [0.05, 0.1) is 12.6 Å². The monoisotopic (exact) mass is 442 g/mol. The fourth-order valence-electron chi connectivity index (χ4n) is 3.08. The third kappa shape index (κ3) is 7.08. The minimum Gasteiger partial charge on any atom is -0.376 e. The van der Waals surface area contributed by atoms with Gasteiger partial charge in [-0.15, -0.1) is 0 Å². The maximum absolute atomic E-state index is 12.8. The number of aryl methyl sites for hydroxylation is 1. The Morgan fingerprint density at radius 3 is 2.61 bits per heavy atom. The number of hydrogen-bond acceptors (Lipinski definition) is 4. The van der Waals surface area contributed by atoms with Crippen LogP contribution in [-0.2, 0) is 16.1 Å². The Kier molecular flexibility index (Phi) is 8.03. The molecule has 2 aromatic carbocycles. The van der Waals surface area contributed by atoms with Crippen molar-refractivity contribution in [3.63, 3.8) is 0 Å². The number of benzene rings is 2. The van der Waals surface area contributed by atoms with Gasteiger partial charge in [-0.05, 0) is 55.2 Å². The average molecular weight is 443 g/mol. The number of carbonyl (C=O) groups excluding carboxylic acids is 2. The zero-order chi connectivity index (χ0) is 22.2. The number of carbonyl (C=O) groups is 2. The van der Waals surface area contributed by atoms with Crippen LogP contribution in [0.15, 0.2) is 47.5 Å². The van der Waals surface area contributed by atoms with Gasteiger partial charge in [-0.3, -0.25) is 14.9 Å². The molecule has 1 atom stereocenters. The lowest BCUT2D eigenvalue weighted by Gasteiger charge is -2.14. The molecule has 1 saturated heterocycles. The van der Waals surface area contributed by atoms with E-state index in [0.717, 1.165) is 36.3 Å². The number of aliphatic imine (C=N–C) groups is 1. The van der Waals surface area contributed by atoms with Gasteiger partial charge in [-0.2, -0.15) is 0 Å². The quantitative estimate of drug-likeness (QED) is 0.470. The van der Waals surface area contributed by atoms with Gasteiger partial charge in [0.25, 0.3) is 5.91 Å². The van der Waals surface area contributed by atoms with Crippen molar-refractivity contribution in [1.29, 1.82) is 0 Å². The highest BCUT2D eigenvalue weighted by atomic mass is 35.5. The number of guanidine groups is 1. The van der Waals surface area contributed by atoms with Crippen LogP contribution in [0.2, 0.25) is 5.02 Å². The number of ether oxygens (including phenoxy) is 1. The van der Waals surface area contributed by atoms with E-state index in [-0.39, 0.29) is 17.9 Å². The van der Waals surface area contributed by atoms with Crippen molar-refractivity contribution in [3.05, 3.63) is 64.2 Å². The SMILES string of the molecule is CC(=O)NCc1ccc(C(=O)NC(=NC[C@@H]2CCCO2)Nc2ccc(C)c(Cl)c2)cc1. The molecule has 1 aliphatic rings. The molecule has 31 heavy (non-hydrogen) atoms. The minimum absolute atomic E-state index is 0.0587. The zero-order valence-corrected chi connectivity index (χ0v) is 18.5. The van der Waals surface area contributed by atoms with Gasteiger partial charge in [0.1, 0.15) is 0 Å². The van der Waals surface area contributed by atoms with Crippen molar-refractivity contribution in [2.45, 2.75) is 39.3 Å². The first kappa shape index (κ1) is 22.8. The average Bonchev–Trinajstić information content (AvgIpc) is 3.27. The van der Waals surface area contributed by atoms with Crippen LogP contribution in [0.3, 0.4) is 0 Å². The van der Waals surface area contributed by atoms with Gasteiger partial charge in [0.2, 0.25) is 11.9 Å². The molecule has 164 valence electrons. The van der Waals surface area contributed by atoms with Crippen LogP contribution >= 0.6 is 11.6 Å². The number of halogens is 1. The van der Waals surface area contributed by atoms with E-state index in [0.29, 0.717) is 29.6 Å². The molecule has 0 radical (unpaired) electrons. The molecule has 2 amide bonds. The van der Waals surface area contributed by atoms with Crippen molar-refractivity contribution in [1.82, 2.24) is 10.6 Å². The second kappa shape index (κ2) is 10.9. The van der Waals surface area contributed by atoms with Crippen LogP contribution in [0, 0.1) is 6.92 Å². The molecule has 0 spiro atoms. The molecule has 3 rings (SSSR count). The number of rotatable bonds is 6. The molecule has 1 heterocycles. The largest absolute Gasteiger partial charge is 0.376 e. The number of nitrogens with one attached hydrogen (secondary N) is 3. The van der Waals surface area contributed by atoms with Crippen LogP contribution < -0.4 is 16.0 Å². The molecule has 1 aliphatic heterocycles. The van der Waals surface area contributed by atoms with Crippen molar-refractivity contribution in [2.75, 3.05) is 18.5 Å². The molecule has 2 aromatic rings. The van der Waals surface area contributed by atoms with E-state index in [1.165, 1.54) is 6.92 Å². The van der Waals surface area contributed by atoms with Crippen LogP contribution in [0.4, 0.5) is 5.69 Å². The number of amides is 2. The minimum atomic E-state index is -0.289. The third-order valence-electron chi connectivity index (χ3n) is 4.90. The van der Waals surface area contributed by atoms with Gasteiger partial charge in [-0.25, -0.2) is 4.99 Å². The third-order valence-corrected chi connectivity index (χ3v) is 5.31. The van der Waals surface area contributed by atoms with Crippen molar-refractivity contribution < 1.29 is 14.3 Å². The van der Waals surface area contributed by atoms with Crippen LogP contribution in [0.25, 0.3) is 0 Å². The molecule has 7 nitrogen and oxygen atoms in total. The summed E-state index contributed by atoms with van der Waals surface area (Å²) in [6.07, 6.45) is 2.04. The summed E-state index contributed by atoms with van der Waals surface area (Å²) in [5.74, 6) is -0.0539. The predicted molar refractivity (Wildman–Crippen MR) is 123 cm³/mol. The van der Waals surface area contributed by atoms with Gasteiger partial charge < -0.3 is 15.4 Å². The summed E-state index contributed by atoms with van der Waals surface area (Å²) in [5, 5.41) is 9.35. The van der Waals surface area contributed by atoms with E-state index in [4.69, 9.17) is 16.3 Å². The highest BCUT2D eigenvalue weighted by Crippen LogP contribution is 2.20. The van der Waals surface area contributed by atoms with E-state index < -0.39 is 0 Å².